The molecule has 37 heavy (non-hydrogen) atoms. The first kappa shape index (κ1) is 27.3. The molecule has 0 aliphatic rings. The lowest BCUT2D eigenvalue weighted by molar-refractivity contribution is -0.150. The maximum absolute atomic E-state index is 14.0. The molecule has 1 amide bonds. The highest BCUT2D eigenvalue weighted by molar-refractivity contribution is 6.10. The van der Waals surface area contributed by atoms with Gasteiger partial charge in [0, 0.05) is 29.0 Å². The molecule has 15 heteroatoms. The summed E-state index contributed by atoms with van der Waals surface area (Å²) in [5, 5.41) is 9.33. The Morgan fingerprint density at radius 2 is 1.51 bits per heavy atom. The van der Waals surface area contributed by atoms with Crippen molar-refractivity contribution in [2.45, 2.75) is 12.4 Å². The fraction of sp³-hybridized carbons (Fsp3) is 0.182. The number of benzene rings is 1. The quantitative estimate of drug-likeness (QED) is 0.437. The molecule has 3 rings (SSSR count). The number of amides is 1. The molecule has 0 saturated heterocycles. The highest BCUT2D eigenvalue weighted by Crippen LogP contribution is 2.39. The van der Waals surface area contributed by atoms with Crippen molar-refractivity contribution in [2.75, 3.05) is 18.6 Å². The Kier molecular flexibility index (Phi) is 7.36. The highest BCUT2D eigenvalue weighted by Gasteiger charge is 2.40. The molecule has 2 aromatic heterocycles. The summed E-state index contributed by atoms with van der Waals surface area (Å²) in [5.41, 5.74) is -6.16. The van der Waals surface area contributed by atoms with Crippen molar-refractivity contribution in [2.24, 2.45) is 0 Å². The molecule has 1 N–H and O–H groups in total. The second-order valence-electron chi connectivity index (χ2n) is 7.27. The highest BCUT2D eigenvalue weighted by atomic mass is 19.4. The number of aliphatic carboxylic acids is 1. The summed E-state index contributed by atoms with van der Waals surface area (Å²) in [6.07, 6.45) is -8.79. The summed E-state index contributed by atoms with van der Waals surface area (Å²) in [4.78, 5) is 31.3. The van der Waals surface area contributed by atoms with Crippen LogP contribution in [0.25, 0.3) is 11.1 Å². The van der Waals surface area contributed by atoms with Crippen molar-refractivity contribution in [3.8, 4) is 16.9 Å². The van der Waals surface area contributed by atoms with Gasteiger partial charge in [-0.05, 0) is 24.3 Å². The summed E-state index contributed by atoms with van der Waals surface area (Å²) in [6.45, 7) is -1.26. The van der Waals surface area contributed by atoms with Crippen molar-refractivity contribution in [1.29, 1.82) is 0 Å². The number of carbonyl (C=O) groups is 2. The van der Waals surface area contributed by atoms with E-state index in [2.05, 4.69) is 9.97 Å². The van der Waals surface area contributed by atoms with Gasteiger partial charge in [-0.3, -0.25) is 19.5 Å². The largest absolute Gasteiger partial charge is 0.496 e. The molecule has 2 heterocycles. The number of pyridine rings is 2. The van der Waals surface area contributed by atoms with Gasteiger partial charge in [-0.2, -0.15) is 26.3 Å². The van der Waals surface area contributed by atoms with E-state index >= 15 is 0 Å². The first-order valence-corrected chi connectivity index (χ1v) is 9.81. The molecule has 0 aliphatic carbocycles. The number of carboxylic acid groups (broad SMARTS) is 1. The molecule has 0 atom stereocenters. The number of anilines is 1. The molecule has 0 spiro atoms. The van der Waals surface area contributed by atoms with Crippen LogP contribution in [0.3, 0.4) is 0 Å². The summed E-state index contributed by atoms with van der Waals surface area (Å²) in [6, 6.07) is 2.47. The topological polar surface area (TPSA) is 92.6 Å². The number of nitrogens with zero attached hydrogens (tertiary/aromatic N) is 3. The van der Waals surface area contributed by atoms with Gasteiger partial charge in [0.15, 0.2) is 11.6 Å². The van der Waals surface area contributed by atoms with E-state index in [9.17, 15) is 49.8 Å². The lowest BCUT2D eigenvalue weighted by Gasteiger charge is -2.24. The van der Waals surface area contributed by atoms with Crippen LogP contribution in [0.1, 0.15) is 21.7 Å². The van der Waals surface area contributed by atoms with E-state index in [1.807, 2.05) is 0 Å². The molecular weight excluding hydrogens is 522 g/mol. The van der Waals surface area contributed by atoms with Crippen LogP contribution in [0.5, 0.6) is 5.75 Å². The van der Waals surface area contributed by atoms with Crippen LogP contribution in [-0.2, 0) is 17.1 Å². The minimum atomic E-state index is -5.38. The molecule has 0 fully saturated rings. The minimum Gasteiger partial charge on any atom is -0.496 e. The Hall–Kier alpha value is -4.30. The van der Waals surface area contributed by atoms with Crippen molar-refractivity contribution in [3.05, 3.63) is 71.3 Å². The smallest absolute Gasteiger partial charge is 0.433 e. The molecule has 0 saturated carbocycles. The average molecular weight is 535 g/mol. The zero-order chi connectivity index (χ0) is 27.7. The van der Waals surface area contributed by atoms with Crippen molar-refractivity contribution >= 4 is 17.6 Å². The van der Waals surface area contributed by atoms with Gasteiger partial charge in [-0.15, -0.1) is 0 Å². The second-order valence-corrected chi connectivity index (χ2v) is 7.27. The molecule has 1 aromatic carbocycles. The predicted octanol–water partition coefficient (Wildman–Crippen LogP) is 5.20. The Labute approximate surface area is 201 Å². The van der Waals surface area contributed by atoms with Gasteiger partial charge in [-0.1, -0.05) is 0 Å². The third-order valence-corrected chi connectivity index (χ3v) is 4.82. The SMILES string of the molecule is COc1cc(F)c(F)cc1-c1ccncc1N(CC(=O)O)C(=O)c1cc(C(F)(F)F)nc(C(F)(F)F)c1. The molecule has 0 radical (unpaired) electrons. The van der Waals surface area contributed by atoms with Gasteiger partial charge in [0.1, 0.15) is 23.7 Å². The van der Waals surface area contributed by atoms with Gasteiger partial charge in [0.2, 0.25) is 0 Å². The standard InChI is InChI=1S/C22H13F8N3O4/c1-37-16-7-14(24)13(23)6-12(16)11-2-3-31-8-15(11)33(9-19(34)35)20(36)10-4-17(21(25,26)27)32-18(5-10)22(28,29)30/h2-8H,9H2,1H3,(H,34,35). The summed E-state index contributed by atoms with van der Waals surface area (Å²) >= 11 is 0. The number of carbonyl (C=O) groups excluding carboxylic acids is 1. The molecule has 3 aromatic rings. The fourth-order valence-corrected chi connectivity index (χ4v) is 3.24. The maximum Gasteiger partial charge on any atom is 0.433 e. The van der Waals surface area contributed by atoms with Crippen LogP contribution in [-0.4, -0.2) is 40.6 Å². The first-order valence-electron chi connectivity index (χ1n) is 9.81. The second kappa shape index (κ2) is 9.99. The zero-order valence-corrected chi connectivity index (χ0v) is 18.3. The van der Waals surface area contributed by atoms with Crippen LogP contribution >= 0.6 is 0 Å². The molecule has 0 bridgehead atoms. The van der Waals surface area contributed by atoms with Crippen LogP contribution in [0.15, 0.2) is 42.7 Å². The zero-order valence-electron chi connectivity index (χ0n) is 18.3. The lowest BCUT2D eigenvalue weighted by atomic mass is 10.0. The number of rotatable bonds is 6. The van der Waals surface area contributed by atoms with E-state index in [0.29, 0.717) is 17.0 Å². The van der Waals surface area contributed by atoms with Crippen LogP contribution in [0.4, 0.5) is 40.8 Å². The van der Waals surface area contributed by atoms with E-state index < -0.39 is 65.0 Å². The van der Waals surface area contributed by atoms with Crippen LogP contribution in [0, 0.1) is 11.6 Å². The van der Waals surface area contributed by atoms with Crippen LogP contribution in [0.2, 0.25) is 0 Å². The number of alkyl halides is 6. The van der Waals surface area contributed by atoms with Gasteiger partial charge in [0.25, 0.3) is 5.91 Å². The van der Waals surface area contributed by atoms with E-state index in [1.54, 1.807) is 0 Å². The van der Waals surface area contributed by atoms with Gasteiger partial charge < -0.3 is 9.84 Å². The molecule has 0 aliphatic heterocycles. The van der Waals surface area contributed by atoms with E-state index in [-0.39, 0.29) is 29.0 Å². The number of ether oxygens (including phenoxy) is 1. The monoisotopic (exact) mass is 535 g/mol. The molecule has 196 valence electrons. The van der Waals surface area contributed by atoms with Gasteiger partial charge in [0.05, 0.1) is 19.0 Å². The maximum atomic E-state index is 14.0. The van der Waals surface area contributed by atoms with E-state index in [1.165, 1.54) is 0 Å². The van der Waals surface area contributed by atoms with Gasteiger partial charge >= 0.3 is 18.3 Å². The summed E-state index contributed by atoms with van der Waals surface area (Å²) in [5.74, 6) is -6.27. The number of halogens is 8. The molecular formula is C22H13F8N3O4. The minimum absolute atomic E-state index is 0.0284. The number of carboxylic acids is 1. The number of methoxy groups -OCH3 is 1. The number of hydrogen-bond acceptors (Lipinski definition) is 5. The predicted molar refractivity (Wildman–Crippen MR) is 110 cm³/mol. The fourth-order valence-electron chi connectivity index (χ4n) is 3.24. The number of aromatic nitrogens is 2. The third kappa shape index (κ3) is 5.92. The Balaban J connectivity index is 2.26. The first-order chi connectivity index (χ1) is 17.1. The normalized spacial score (nSPS) is 11.8. The van der Waals surface area contributed by atoms with E-state index in [0.717, 1.165) is 25.6 Å². The van der Waals surface area contributed by atoms with Crippen molar-refractivity contribution in [3.63, 3.8) is 0 Å². The third-order valence-electron chi connectivity index (χ3n) is 4.82. The molecule has 0 unspecified atom stereocenters. The summed E-state index contributed by atoms with van der Waals surface area (Å²) < 4.78 is 112. The van der Waals surface area contributed by atoms with Crippen molar-refractivity contribution in [1.82, 2.24) is 9.97 Å². The van der Waals surface area contributed by atoms with Gasteiger partial charge in [-0.25, -0.2) is 13.8 Å². The summed E-state index contributed by atoms with van der Waals surface area (Å²) in [7, 11) is 1.09. The van der Waals surface area contributed by atoms with Crippen LogP contribution < -0.4 is 9.64 Å². The van der Waals surface area contributed by atoms with Crippen molar-refractivity contribution < 1.29 is 54.6 Å². The Morgan fingerprint density at radius 3 is 2.03 bits per heavy atom. The number of hydrogen-bond donors (Lipinski definition) is 1. The lowest BCUT2D eigenvalue weighted by Crippen LogP contribution is -2.36. The molecule has 7 nitrogen and oxygen atoms in total. The Bertz CT molecular complexity index is 1330. The van der Waals surface area contributed by atoms with E-state index in [4.69, 9.17) is 4.74 Å². The Morgan fingerprint density at radius 1 is 0.946 bits per heavy atom. The average Bonchev–Trinajstić information content (AvgIpc) is 2.82.